The molecular weight excluding hydrogens is 508 g/mol. The number of ether oxygens (including phenoxy) is 1. The number of hydrogen-bond donors (Lipinski definition) is 1. The number of piperazine rings is 1. The van der Waals surface area contributed by atoms with Gasteiger partial charge in [0.25, 0.3) is 11.6 Å². The fourth-order valence-corrected chi connectivity index (χ4v) is 4.49. The zero-order chi connectivity index (χ0) is 22.7. The molecule has 1 aliphatic heterocycles. The molecule has 11 heteroatoms. The van der Waals surface area contributed by atoms with Crippen molar-refractivity contribution in [3.05, 3.63) is 61.1 Å². The smallest absolute Gasteiger partial charge is 0.294 e. The molecule has 1 N–H and O–H groups in total. The van der Waals surface area contributed by atoms with Crippen LogP contribution in [0.15, 0.2) is 34.8 Å². The average Bonchev–Trinajstić information content (AvgIpc) is 2.73. The first-order chi connectivity index (χ1) is 14.7. The third-order valence-corrected chi connectivity index (χ3v) is 6.00. The Hall–Kier alpha value is -2.43. The minimum Gasteiger partial charge on any atom is -0.496 e. The Bertz CT molecular complexity index is 1040. The van der Waals surface area contributed by atoms with Gasteiger partial charge in [-0.2, -0.15) is 0 Å². The number of thiocarbonyl (C=S) groups is 1. The van der Waals surface area contributed by atoms with Crippen molar-refractivity contribution < 1.29 is 14.5 Å². The van der Waals surface area contributed by atoms with Gasteiger partial charge in [-0.25, -0.2) is 0 Å². The van der Waals surface area contributed by atoms with Gasteiger partial charge in [-0.05, 0) is 49.0 Å². The third-order valence-electron chi connectivity index (χ3n) is 4.95. The minimum absolute atomic E-state index is 0.0334. The van der Waals surface area contributed by atoms with Crippen LogP contribution in [0, 0.1) is 17.0 Å². The van der Waals surface area contributed by atoms with Gasteiger partial charge >= 0.3 is 0 Å². The van der Waals surface area contributed by atoms with Crippen molar-refractivity contribution in [2.24, 2.45) is 0 Å². The fourth-order valence-electron chi connectivity index (χ4n) is 3.47. The monoisotopic (exact) mass is 526 g/mol. The number of carbonyl (C=O) groups is 1. The SMILES string of the molecule is COc1c(C)cc(Br)cc1C(=O)NC(=S)N1CCN(c2ccc(Cl)cc2[N+](=O)[O-])CC1. The van der Waals surface area contributed by atoms with E-state index in [9.17, 15) is 14.9 Å². The van der Waals surface area contributed by atoms with E-state index in [2.05, 4.69) is 21.2 Å². The van der Waals surface area contributed by atoms with Gasteiger partial charge in [0.15, 0.2) is 5.11 Å². The standard InChI is InChI=1S/C20H20BrClN4O4S/c1-12-9-13(21)10-15(18(12)30-2)19(27)23-20(31)25-7-5-24(6-8-25)16-4-3-14(22)11-17(16)26(28)29/h3-4,9-11H,5-8H2,1-2H3,(H,23,27,31). The van der Waals surface area contributed by atoms with E-state index in [1.807, 2.05) is 22.8 Å². The number of aryl methyl sites for hydroxylation is 1. The molecule has 1 aliphatic rings. The number of nitro groups is 1. The number of halogens is 2. The molecule has 0 spiro atoms. The van der Waals surface area contributed by atoms with Gasteiger partial charge in [0.2, 0.25) is 0 Å². The number of benzene rings is 2. The number of nitro benzene ring substituents is 1. The predicted octanol–water partition coefficient (Wildman–Crippen LogP) is 4.16. The maximum atomic E-state index is 12.8. The highest BCUT2D eigenvalue weighted by molar-refractivity contribution is 9.10. The molecule has 3 rings (SSSR count). The van der Waals surface area contributed by atoms with Crippen molar-refractivity contribution in [1.82, 2.24) is 10.2 Å². The zero-order valence-electron chi connectivity index (χ0n) is 16.9. The van der Waals surface area contributed by atoms with Gasteiger partial charge in [0.1, 0.15) is 11.4 Å². The molecule has 1 amide bonds. The number of hydrogen-bond acceptors (Lipinski definition) is 6. The lowest BCUT2D eigenvalue weighted by Crippen LogP contribution is -2.52. The van der Waals surface area contributed by atoms with Crippen LogP contribution >= 0.6 is 39.7 Å². The van der Waals surface area contributed by atoms with Crippen molar-refractivity contribution in [1.29, 1.82) is 0 Å². The molecule has 0 atom stereocenters. The summed E-state index contributed by atoms with van der Waals surface area (Å²) in [5, 5.41) is 14.8. The first-order valence-electron chi connectivity index (χ1n) is 9.34. The molecule has 1 heterocycles. The molecule has 8 nitrogen and oxygen atoms in total. The molecule has 0 bridgehead atoms. The normalized spacial score (nSPS) is 13.7. The van der Waals surface area contributed by atoms with Crippen LogP contribution in [0.1, 0.15) is 15.9 Å². The van der Waals surface area contributed by atoms with Gasteiger partial charge < -0.3 is 14.5 Å². The van der Waals surface area contributed by atoms with Crippen LogP contribution in [0.2, 0.25) is 5.02 Å². The van der Waals surface area contributed by atoms with Crippen LogP contribution in [-0.4, -0.2) is 54.1 Å². The molecule has 2 aromatic carbocycles. The summed E-state index contributed by atoms with van der Waals surface area (Å²) in [6.07, 6.45) is 0. The van der Waals surface area contributed by atoms with Crippen molar-refractivity contribution in [2.45, 2.75) is 6.92 Å². The molecular formula is C20H20BrClN4O4S. The summed E-state index contributed by atoms with van der Waals surface area (Å²) in [6, 6.07) is 8.18. The molecule has 0 radical (unpaired) electrons. The summed E-state index contributed by atoms with van der Waals surface area (Å²) in [7, 11) is 1.51. The molecule has 0 unspecified atom stereocenters. The van der Waals surface area contributed by atoms with E-state index in [1.54, 1.807) is 18.2 Å². The summed E-state index contributed by atoms with van der Waals surface area (Å²) in [5.41, 5.74) is 1.69. The van der Waals surface area contributed by atoms with E-state index < -0.39 is 4.92 Å². The molecule has 0 saturated carbocycles. The second-order valence-corrected chi connectivity index (χ2v) is 8.67. The fraction of sp³-hybridized carbons (Fsp3) is 0.300. The topological polar surface area (TPSA) is 88.0 Å². The molecule has 1 fully saturated rings. The highest BCUT2D eigenvalue weighted by Crippen LogP contribution is 2.32. The Labute approximate surface area is 198 Å². The summed E-state index contributed by atoms with van der Waals surface area (Å²) in [5.74, 6) is 0.130. The first kappa shape index (κ1) is 23.2. The Kier molecular flexibility index (Phi) is 7.34. The quantitative estimate of drug-likeness (QED) is 0.363. The van der Waals surface area contributed by atoms with E-state index in [0.717, 1.165) is 10.0 Å². The third kappa shape index (κ3) is 5.25. The highest BCUT2D eigenvalue weighted by atomic mass is 79.9. The Morgan fingerprint density at radius 3 is 2.55 bits per heavy atom. The van der Waals surface area contributed by atoms with Gasteiger partial charge in [-0.1, -0.05) is 27.5 Å². The number of amides is 1. The number of methoxy groups -OCH3 is 1. The van der Waals surface area contributed by atoms with E-state index >= 15 is 0 Å². The second-order valence-electron chi connectivity index (χ2n) is 6.93. The van der Waals surface area contributed by atoms with Gasteiger partial charge in [0.05, 0.1) is 17.6 Å². The maximum Gasteiger partial charge on any atom is 0.294 e. The van der Waals surface area contributed by atoms with Gasteiger partial charge in [0, 0.05) is 41.7 Å². The lowest BCUT2D eigenvalue weighted by molar-refractivity contribution is -0.384. The number of nitrogens with zero attached hydrogens (tertiary/aromatic N) is 3. The maximum absolute atomic E-state index is 12.8. The summed E-state index contributed by atoms with van der Waals surface area (Å²) < 4.78 is 6.14. The highest BCUT2D eigenvalue weighted by Gasteiger charge is 2.26. The Balaban J connectivity index is 1.67. The van der Waals surface area contributed by atoms with Crippen molar-refractivity contribution in [3.63, 3.8) is 0 Å². The van der Waals surface area contributed by atoms with E-state index in [-0.39, 0.29) is 11.6 Å². The minimum atomic E-state index is -0.439. The molecule has 0 aliphatic carbocycles. The van der Waals surface area contributed by atoms with Crippen molar-refractivity contribution in [2.75, 3.05) is 38.2 Å². The van der Waals surface area contributed by atoms with Crippen LogP contribution in [0.4, 0.5) is 11.4 Å². The summed E-state index contributed by atoms with van der Waals surface area (Å²) >= 11 is 14.7. The van der Waals surface area contributed by atoms with E-state index in [1.165, 1.54) is 13.2 Å². The zero-order valence-corrected chi connectivity index (χ0v) is 20.0. The molecule has 164 valence electrons. The van der Waals surface area contributed by atoms with Crippen LogP contribution in [0.5, 0.6) is 5.75 Å². The van der Waals surface area contributed by atoms with Gasteiger partial charge in [-0.15, -0.1) is 0 Å². The molecule has 2 aromatic rings. The largest absolute Gasteiger partial charge is 0.496 e. The average molecular weight is 528 g/mol. The lowest BCUT2D eigenvalue weighted by atomic mass is 10.1. The summed E-state index contributed by atoms with van der Waals surface area (Å²) in [4.78, 5) is 27.5. The number of nitrogens with one attached hydrogen (secondary N) is 1. The van der Waals surface area contributed by atoms with Crippen LogP contribution in [0.3, 0.4) is 0 Å². The predicted molar refractivity (Wildman–Crippen MR) is 127 cm³/mol. The number of carbonyl (C=O) groups excluding carboxylic acids is 1. The molecule has 31 heavy (non-hydrogen) atoms. The first-order valence-corrected chi connectivity index (χ1v) is 10.9. The van der Waals surface area contributed by atoms with Crippen molar-refractivity contribution >= 4 is 62.1 Å². The van der Waals surface area contributed by atoms with Crippen molar-refractivity contribution in [3.8, 4) is 5.75 Å². The lowest BCUT2D eigenvalue weighted by Gasteiger charge is -2.37. The number of anilines is 1. The van der Waals surface area contributed by atoms with Crippen LogP contribution < -0.4 is 15.0 Å². The van der Waals surface area contributed by atoms with E-state index in [4.69, 9.17) is 28.6 Å². The molecule has 1 saturated heterocycles. The van der Waals surface area contributed by atoms with Crippen LogP contribution in [-0.2, 0) is 0 Å². The second kappa shape index (κ2) is 9.80. The number of rotatable bonds is 4. The summed E-state index contributed by atoms with van der Waals surface area (Å²) in [6.45, 7) is 3.89. The van der Waals surface area contributed by atoms with Gasteiger partial charge in [-0.3, -0.25) is 20.2 Å². The Morgan fingerprint density at radius 2 is 1.94 bits per heavy atom. The van der Waals surface area contributed by atoms with Crippen LogP contribution in [0.25, 0.3) is 0 Å². The van der Waals surface area contributed by atoms with E-state index in [0.29, 0.717) is 53.3 Å². The molecule has 0 aromatic heterocycles. The Morgan fingerprint density at radius 1 is 1.26 bits per heavy atom.